The summed E-state index contributed by atoms with van der Waals surface area (Å²) >= 11 is 0. The second-order valence-electron chi connectivity index (χ2n) is 6.21. The number of hydrogen-bond acceptors (Lipinski definition) is 3. The highest BCUT2D eigenvalue weighted by molar-refractivity contribution is 5.95. The van der Waals surface area contributed by atoms with Crippen LogP contribution in [0.2, 0.25) is 0 Å². The Morgan fingerprint density at radius 1 is 1.47 bits per heavy atom. The maximum atomic E-state index is 11.2. The first-order valence-electron chi connectivity index (χ1n) is 6.77. The van der Waals surface area contributed by atoms with Gasteiger partial charge in [-0.05, 0) is 42.9 Å². The smallest absolute Gasteiger partial charge is 0.337 e. The predicted molar refractivity (Wildman–Crippen MR) is 77.5 cm³/mol. The average Bonchev–Trinajstić information content (AvgIpc) is 2.30. The van der Waals surface area contributed by atoms with Crippen LogP contribution in [0.25, 0.3) is 0 Å². The van der Waals surface area contributed by atoms with Gasteiger partial charge in [0.05, 0.1) is 5.56 Å². The molecular weight excluding hydrogens is 240 g/mol. The average molecular weight is 262 g/mol. The molecule has 19 heavy (non-hydrogen) atoms. The molecule has 104 valence electrons. The minimum atomic E-state index is -0.940. The molecule has 1 atom stereocenters. The molecule has 1 aliphatic rings. The van der Waals surface area contributed by atoms with Crippen molar-refractivity contribution in [3.05, 3.63) is 23.8 Å². The number of anilines is 2. The van der Waals surface area contributed by atoms with Gasteiger partial charge in [0.1, 0.15) is 0 Å². The van der Waals surface area contributed by atoms with Crippen molar-refractivity contribution in [3.63, 3.8) is 0 Å². The van der Waals surface area contributed by atoms with Crippen LogP contribution < -0.4 is 11.1 Å². The van der Waals surface area contributed by atoms with Gasteiger partial charge >= 0.3 is 5.97 Å². The molecule has 2 rings (SSSR count). The van der Waals surface area contributed by atoms with Gasteiger partial charge in [-0.2, -0.15) is 0 Å². The van der Waals surface area contributed by atoms with E-state index < -0.39 is 5.97 Å². The lowest BCUT2D eigenvalue weighted by Crippen LogP contribution is -2.32. The van der Waals surface area contributed by atoms with Gasteiger partial charge in [-0.15, -0.1) is 0 Å². The lowest BCUT2D eigenvalue weighted by Gasteiger charge is -2.36. The molecule has 1 saturated carbocycles. The summed E-state index contributed by atoms with van der Waals surface area (Å²) in [6.07, 6.45) is 4.57. The fourth-order valence-electron chi connectivity index (χ4n) is 2.91. The minimum absolute atomic E-state index is 0.253. The van der Waals surface area contributed by atoms with Crippen LogP contribution in [0.3, 0.4) is 0 Å². The number of nitrogen functional groups attached to an aromatic ring is 1. The molecule has 4 nitrogen and oxygen atoms in total. The zero-order chi connectivity index (χ0) is 14.0. The van der Waals surface area contributed by atoms with Crippen LogP contribution in [0.5, 0.6) is 0 Å². The SMILES string of the molecule is CC1(C)CCCC(Nc2ccc(N)cc2C(=O)O)C1. The highest BCUT2D eigenvalue weighted by Gasteiger charge is 2.28. The summed E-state index contributed by atoms with van der Waals surface area (Å²) in [6, 6.07) is 5.35. The standard InChI is InChI=1S/C15H22N2O2/c1-15(2)7-3-4-11(9-15)17-13-6-5-10(16)8-12(13)14(18)19/h5-6,8,11,17H,3-4,7,9,16H2,1-2H3,(H,18,19). The van der Waals surface area contributed by atoms with E-state index in [2.05, 4.69) is 19.2 Å². The maximum absolute atomic E-state index is 11.2. The Morgan fingerprint density at radius 2 is 2.21 bits per heavy atom. The van der Waals surface area contributed by atoms with Crippen molar-refractivity contribution >= 4 is 17.3 Å². The number of carboxylic acid groups (broad SMARTS) is 1. The summed E-state index contributed by atoms with van der Waals surface area (Å²) in [4.78, 5) is 11.2. The summed E-state index contributed by atoms with van der Waals surface area (Å²) in [5.41, 5.74) is 7.38. The Bertz CT molecular complexity index is 483. The molecule has 1 unspecified atom stereocenters. The van der Waals surface area contributed by atoms with Crippen LogP contribution in [0.4, 0.5) is 11.4 Å². The monoisotopic (exact) mass is 262 g/mol. The van der Waals surface area contributed by atoms with E-state index in [1.807, 2.05) is 0 Å². The Kier molecular flexibility index (Phi) is 3.69. The normalized spacial score (nSPS) is 21.9. The van der Waals surface area contributed by atoms with Gasteiger partial charge in [-0.1, -0.05) is 20.3 Å². The zero-order valence-corrected chi connectivity index (χ0v) is 11.6. The Balaban J connectivity index is 2.17. The molecule has 4 heteroatoms. The third-order valence-corrected chi connectivity index (χ3v) is 3.84. The number of aromatic carboxylic acids is 1. The van der Waals surface area contributed by atoms with Crippen LogP contribution in [0, 0.1) is 5.41 Å². The van der Waals surface area contributed by atoms with E-state index in [1.165, 1.54) is 18.9 Å². The van der Waals surface area contributed by atoms with E-state index in [1.54, 1.807) is 12.1 Å². The number of rotatable bonds is 3. The molecule has 0 aromatic heterocycles. The van der Waals surface area contributed by atoms with Crippen molar-refractivity contribution in [1.29, 1.82) is 0 Å². The van der Waals surface area contributed by atoms with Gasteiger partial charge in [-0.25, -0.2) is 4.79 Å². The number of carboxylic acids is 1. The van der Waals surface area contributed by atoms with Crippen molar-refractivity contribution in [1.82, 2.24) is 0 Å². The zero-order valence-electron chi connectivity index (χ0n) is 11.6. The number of benzene rings is 1. The second kappa shape index (κ2) is 5.11. The van der Waals surface area contributed by atoms with E-state index in [9.17, 15) is 9.90 Å². The van der Waals surface area contributed by atoms with Crippen molar-refractivity contribution in [3.8, 4) is 0 Å². The summed E-state index contributed by atoms with van der Waals surface area (Å²) in [7, 11) is 0. The maximum Gasteiger partial charge on any atom is 0.337 e. The fraction of sp³-hybridized carbons (Fsp3) is 0.533. The van der Waals surface area contributed by atoms with E-state index in [-0.39, 0.29) is 5.56 Å². The molecule has 4 N–H and O–H groups in total. The molecule has 0 bridgehead atoms. The molecular formula is C15H22N2O2. The lowest BCUT2D eigenvalue weighted by molar-refractivity contribution is 0.0698. The van der Waals surface area contributed by atoms with Crippen LogP contribution >= 0.6 is 0 Å². The van der Waals surface area contributed by atoms with Crippen LogP contribution in [0.15, 0.2) is 18.2 Å². The molecule has 1 aromatic carbocycles. The number of hydrogen-bond donors (Lipinski definition) is 3. The van der Waals surface area contributed by atoms with Crippen molar-refractivity contribution in [2.45, 2.75) is 45.6 Å². The largest absolute Gasteiger partial charge is 0.478 e. The molecule has 1 aliphatic carbocycles. The Labute approximate surface area is 114 Å². The molecule has 0 saturated heterocycles. The molecule has 1 fully saturated rings. The predicted octanol–water partition coefficient (Wildman–Crippen LogP) is 3.35. The van der Waals surface area contributed by atoms with Gasteiger partial charge < -0.3 is 16.2 Å². The lowest BCUT2D eigenvalue weighted by atomic mass is 9.75. The van der Waals surface area contributed by atoms with Crippen LogP contribution in [-0.2, 0) is 0 Å². The van der Waals surface area contributed by atoms with Crippen molar-refractivity contribution in [2.24, 2.45) is 5.41 Å². The summed E-state index contributed by atoms with van der Waals surface area (Å²) in [6.45, 7) is 4.53. The van der Waals surface area contributed by atoms with Crippen molar-refractivity contribution in [2.75, 3.05) is 11.1 Å². The van der Waals surface area contributed by atoms with Gasteiger partial charge in [0, 0.05) is 17.4 Å². The molecule has 0 aliphatic heterocycles. The first-order valence-corrected chi connectivity index (χ1v) is 6.77. The number of nitrogens with two attached hydrogens (primary N) is 1. The quantitative estimate of drug-likeness (QED) is 0.730. The van der Waals surface area contributed by atoms with Gasteiger partial charge in [0.2, 0.25) is 0 Å². The highest BCUT2D eigenvalue weighted by Crippen LogP contribution is 2.36. The molecule has 1 aromatic rings. The molecule has 0 radical (unpaired) electrons. The highest BCUT2D eigenvalue weighted by atomic mass is 16.4. The van der Waals surface area contributed by atoms with Crippen molar-refractivity contribution < 1.29 is 9.90 Å². The Morgan fingerprint density at radius 3 is 2.84 bits per heavy atom. The summed E-state index contributed by atoms with van der Waals surface area (Å²) < 4.78 is 0. The number of nitrogens with one attached hydrogen (secondary N) is 1. The second-order valence-corrected chi connectivity index (χ2v) is 6.21. The fourth-order valence-corrected chi connectivity index (χ4v) is 2.91. The van der Waals surface area contributed by atoms with Gasteiger partial charge in [-0.3, -0.25) is 0 Å². The Hall–Kier alpha value is -1.71. The van der Waals surface area contributed by atoms with E-state index in [0.29, 0.717) is 22.8 Å². The third kappa shape index (κ3) is 3.40. The number of carbonyl (C=O) groups is 1. The molecule has 0 amide bonds. The first kappa shape index (κ1) is 13.7. The third-order valence-electron chi connectivity index (χ3n) is 3.84. The van der Waals surface area contributed by atoms with Gasteiger partial charge in [0.25, 0.3) is 0 Å². The first-order chi connectivity index (χ1) is 8.87. The van der Waals surface area contributed by atoms with Crippen LogP contribution in [0.1, 0.15) is 49.9 Å². The van der Waals surface area contributed by atoms with E-state index in [4.69, 9.17) is 5.73 Å². The molecule has 0 spiro atoms. The van der Waals surface area contributed by atoms with E-state index >= 15 is 0 Å². The summed E-state index contributed by atoms with van der Waals surface area (Å²) in [5.74, 6) is -0.940. The van der Waals surface area contributed by atoms with Crippen LogP contribution in [-0.4, -0.2) is 17.1 Å². The van der Waals surface area contributed by atoms with E-state index in [0.717, 1.165) is 12.8 Å². The molecule has 0 heterocycles. The summed E-state index contributed by atoms with van der Waals surface area (Å²) in [5, 5.41) is 12.6. The topological polar surface area (TPSA) is 75.3 Å². The van der Waals surface area contributed by atoms with Gasteiger partial charge in [0.15, 0.2) is 0 Å². The minimum Gasteiger partial charge on any atom is -0.478 e.